The molecule has 1 aromatic carbocycles. The minimum absolute atomic E-state index is 0.321. The molecule has 0 saturated heterocycles. The predicted octanol–water partition coefficient (Wildman–Crippen LogP) is 0.591. The second kappa shape index (κ2) is 5.38. The molecule has 1 aliphatic carbocycles. The van der Waals surface area contributed by atoms with Crippen LogP contribution in [-0.4, -0.2) is 22.0 Å². The third-order valence-electron chi connectivity index (χ3n) is 3.77. The molecule has 1 fully saturated rings. The fourth-order valence-corrected chi connectivity index (χ4v) is 2.97. The van der Waals surface area contributed by atoms with E-state index in [-0.39, 0.29) is 5.91 Å². The Hall–Kier alpha value is -2.48. The van der Waals surface area contributed by atoms with Gasteiger partial charge in [-0.3, -0.25) is 9.59 Å². The van der Waals surface area contributed by atoms with E-state index in [0.29, 0.717) is 23.0 Å². The number of benzene rings is 1. The van der Waals surface area contributed by atoms with Crippen LogP contribution in [0.3, 0.4) is 0 Å². The summed E-state index contributed by atoms with van der Waals surface area (Å²) >= 11 is 1.20. The van der Waals surface area contributed by atoms with Gasteiger partial charge in [0.05, 0.1) is 0 Å². The number of rotatable bonds is 5. The number of nitrogens with two attached hydrogens (primary N) is 2. The number of aromatic nitrogens is 2. The lowest BCUT2D eigenvalue weighted by Crippen LogP contribution is -2.42. The van der Waals surface area contributed by atoms with Crippen LogP contribution in [0.2, 0.25) is 0 Å². The van der Waals surface area contributed by atoms with Crippen LogP contribution in [0.4, 0.5) is 5.13 Å². The highest BCUT2D eigenvalue weighted by atomic mass is 32.1. The monoisotopic (exact) mass is 317 g/mol. The molecule has 1 aliphatic rings. The first-order chi connectivity index (χ1) is 10.5. The molecule has 1 atom stereocenters. The molecule has 7 nitrogen and oxygen atoms in total. The minimum atomic E-state index is -1.08. The largest absolute Gasteiger partial charge is 0.374 e. The highest BCUT2D eigenvalue weighted by molar-refractivity contribution is 7.15. The summed E-state index contributed by atoms with van der Waals surface area (Å²) in [7, 11) is 0. The molecule has 22 heavy (non-hydrogen) atoms. The molecule has 1 aromatic heterocycles. The van der Waals surface area contributed by atoms with Gasteiger partial charge in [0.1, 0.15) is 16.5 Å². The van der Waals surface area contributed by atoms with Gasteiger partial charge in [-0.25, -0.2) is 0 Å². The van der Waals surface area contributed by atoms with Crippen molar-refractivity contribution < 1.29 is 9.59 Å². The van der Waals surface area contributed by atoms with Crippen molar-refractivity contribution in [2.24, 2.45) is 11.1 Å². The third kappa shape index (κ3) is 2.52. The summed E-state index contributed by atoms with van der Waals surface area (Å²) in [6.45, 7) is 0. The van der Waals surface area contributed by atoms with E-state index < -0.39 is 17.4 Å². The summed E-state index contributed by atoms with van der Waals surface area (Å²) < 4.78 is 0. The smallest absolute Gasteiger partial charge is 0.236 e. The molecule has 5 N–H and O–H groups in total. The molecule has 0 unspecified atom stereocenters. The number of hydrogen-bond acceptors (Lipinski definition) is 6. The molecule has 2 aromatic rings. The fraction of sp³-hybridized carbons (Fsp3) is 0.286. The molecule has 0 spiro atoms. The number of hydrogen-bond donors (Lipinski definition) is 3. The minimum Gasteiger partial charge on any atom is -0.374 e. The van der Waals surface area contributed by atoms with Crippen molar-refractivity contribution in [3.8, 4) is 0 Å². The molecule has 0 radical (unpaired) electrons. The van der Waals surface area contributed by atoms with E-state index in [4.69, 9.17) is 11.5 Å². The zero-order valence-corrected chi connectivity index (χ0v) is 12.5. The Labute approximate surface area is 130 Å². The van der Waals surface area contributed by atoms with Crippen molar-refractivity contribution >= 4 is 28.3 Å². The highest BCUT2D eigenvalue weighted by Gasteiger charge is 2.55. The lowest BCUT2D eigenvalue weighted by molar-refractivity contribution is -0.135. The summed E-state index contributed by atoms with van der Waals surface area (Å²) in [5.41, 5.74) is 10.7. The summed E-state index contributed by atoms with van der Waals surface area (Å²) in [6.07, 6.45) is 0.960. The molecule has 8 heteroatoms. The molecular formula is C14H15N5O2S. The topological polar surface area (TPSA) is 124 Å². The van der Waals surface area contributed by atoms with E-state index >= 15 is 0 Å². The van der Waals surface area contributed by atoms with Crippen molar-refractivity contribution in [1.82, 2.24) is 15.5 Å². The summed E-state index contributed by atoms with van der Waals surface area (Å²) in [6, 6.07) is 8.83. The lowest BCUT2D eigenvalue weighted by atomic mass is 10.0. The maximum atomic E-state index is 12.4. The molecule has 1 heterocycles. The predicted molar refractivity (Wildman–Crippen MR) is 81.6 cm³/mol. The number of carbonyl (C=O) groups is 2. The van der Waals surface area contributed by atoms with Crippen molar-refractivity contribution in [2.75, 3.05) is 5.73 Å². The first-order valence-electron chi connectivity index (χ1n) is 6.77. The zero-order valence-electron chi connectivity index (χ0n) is 11.7. The van der Waals surface area contributed by atoms with E-state index in [9.17, 15) is 9.59 Å². The van der Waals surface area contributed by atoms with Crippen LogP contribution in [0.15, 0.2) is 30.3 Å². The Morgan fingerprint density at radius 2 is 1.91 bits per heavy atom. The molecule has 3 rings (SSSR count). The van der Waals surface area contributed by atoms with Gasteiger partial charge in [-0.2, -0.15) is 0 Å². The van der Waals surface area contributed by atoms with Gasteiger partial charge in [0.15, 0.2) is 0 Å². The van der Waals surface area contributed by atoms with Gasteiger partial charge >= 0.3 is 0 Å². The number of primary amides is 1. The number of amides is 2. The maximum Gasteiger partial charge on any atom is 0.236 e. The van der Waals surface area contributed by atoms with Crippen molar-refractivity contribution in [1.29, 1.82) is 0 Å². The van der Waals surface area contributed by atoms with E-state index in [0.717, 1.165) is 5.56 Å². The summed E-state index contributed by atoms with van der Waals surface area (Å²) in [5.74, 6) is -0.962. The average Bonchev–Trinajstić information content (AvgIpc) is 3.23. The second-order valence-corrected chi connectivity index (χ2v) is 6.28. The first kappa shape index (κ1) is 14.5. The Morgan fingerprint density at radius 1 is 1.23 bits per heavy atom. The van der Waals surface area contributed by atoms with Gasteiger partial charge in [-0.05, 0) is 18.4 Å². The number of anilines is 1. The van der Waals surface area contributed by atoms with Crippen LogP contribution in [0, 0.1) is 5.41 Å². The van der Waals surface area contributed by atoms with E-state index in [1.165, 1.54) is 11.3 Å². The number of nitrogens with one attached hydrogen (secondary N) is 1. The van der Waals surface area contributed by atoms with E-state index in [1.807, 2.05) is 30.3 Å². The molecular weight excluding hydrogens is 302 g/mol. The third-order valence-corrected chi connectivity index (χ3v) is 4.59. The van der Waals surface area contributed by atoms with Crippen molar-refractivity contribution in [2.45, 2.75) is 18.9 Å². The van der Waals surface area contributed by atoms with Gasteiger partial charge in [-0.1, -0.05) is 41.7 Å². The van der Waals surface area contributed by atoms with Crippen LogP contribution < -0.4 is 16.8 Å². The number of nitrogen functional groups attached to an aromatic ring is 1. The van der Waals surface area contributed by atoms with Crippen LogP contribution in [0.1, 0.15) is 29.5 Å². The standard InChI is InChI=1S/C14H15N5O2S/c15-11(20)14(6-7-14)12(21)17-9(8-4-2-1-3-5-8)10-18-19-13(16)22-10/h1-5,9H,6-7H2,(H2,15,20)(H2,16,19)(H,17,21)/t9-/m1/s1. The normalized spacial score (nSPS) is 16.7. The van der Waals surface area contributed by atoms with E-state index in [2.05, 4.69) is 15.5 Å². The van der Waals surface area contributed by atoms with Gasteiger partial charge in [-0.15, -0.1) is 10.2 Å². The Bertz CT molecular complexity index is 711. The van der Waals surface area contributed by atoms with Crippen LogP contribution in [0.25, 0.3) is 0 Å². The number of carbonyl (C=O) groups excluding carboxylic acids is 2. The second-order valence-electron chi connectivity index (χ2n) is 5.24. The van der Waals surface area contributed by atoms with Crippen LogP contribution in [-0.2, 0) is 9.59 Å². The Kier molecular flexibility index (Phi) is 3.53. The average molecular weight is 317 g/mol. The first-order valence-corrected chi connectivity index (χ1v) is 7.59. The summed E-state index contributed by atoms with van der Waals surface area (Å²) in [5, 5.41) is 11.5. The quantitative estimate of drug-likeness (QED) is 0.696. The summed E-state index contributed by atoms with van der Waals surface area (Å²) in [4.78, 5) is 23.9. The van der Waals surface area contributed by atoms with Gasteiger partial charge < -0.3 is 16.8 Å². The molecule has 1 saturated carbocycles. The van der Waals surface area contributed by atoms with Crippen LogP contribution >= 0.6 is 11.3 Å². The SMILES string of the molecule is NC(=O)C1(C(=O)N[C@H](c2ccccc2)c2nnc(N)s2)CC1. The zero-order chi connectivity index (χ0) is 15.7. The van der Waals surface area contributed by atoms with Crippen molar-refractivity contribution in [3.63, 3.8) is 0 Å². The molecule has 0 aliphatic heterocycles. The van der Waals surface area contributed by atoms with Gasteiger partial charge in [0, 0.05) is 0 Å². The molecule has 114 valence electrons. The number of nitrogens with zero attached hydrogens (tertiary/aromatic N) is 2. The Morgan fingerprint density at radius 3 is 2.41 bits per heavy atom. The van der Waals surface area contributed by atoms with Crippen LogP contribution in [0.5, 0.6) is 0 Å². The molecule has 0 bridgehead atoms. The Balaban J connectivity index is 1.90. The highest BCUT2D eigenvalue weighted by Crippen LogP contribution is 2.46. The van der Waals surface area contributed by atoms with Gasteiger partial charge in [0.2, 0.25) is 16.9 Å². The lowest BCUT2D eigenvalue weighted by Gasteiger charge is -2.19. The fourth-order valence-electron chi connectivity index (χ4n) is 2.28. The van der Waals surface area contributed by atoms with Gasteiger partial charge in [0.25, 0.3) is 0 Å². The van der Waals surface area contributed by atoms with Crippen molar-refractivity contribution in [3.05, 3.63) is 40.9 Å². The molecule has 2 amide bonds. The van der Waals surface area contributed by atoms with E-state index in [1.54, 1.807) is 0 Å². The maximum absolute atomic E-state index is 12.4.